The standard InChI is InChI=1S/C16H23N3O3S/c1-4-22-10-17-16(23)18-12-8-11-6-5-7-15(20)19(2)13(11)9-14(12)21-3/h8-9H,4-7,10H2,1-3H3,(H2,17,18,23). The van der Waals surface area contributed by atoms with E-state index in [0.29, 0.717) is 30.6 Å². The summed E-state index contributed by atoms with van der Waals surface area (Å²) in [6.07, 6.45) is 2.25. The van der Waals surface area contributed by atoms with Gasteiger partial charge in [0, 0.05) is 26.1 Å². The lowest BCUT2D eigenvalue weighted by atomic mass is 10.1. The van der Waals surface area contributed by atoms with E-state index in [1.165, 1.54) is 0 Å². The molecule has 0 saturated heterocycles. The highest BCUT2D eigenvalue weighted by Crippen LogP contribution is 2.35. The molecule has 0 aliphatic carbocycles. The lowest BCUT2D eigenvalue weighted by Crippen LogP contribution is -2.30. The number of fused-ring (bicyclic) bond motifs is 1. The number of nitrogens with one attached hydrogen (secondary N) is 2. The highest BCUT2D eigenvalue weighted by Gasteiger charge is 2.21. The molecule has 1 aliphatic heterocycles. The van der Waals surface area contributed by atoms with E-state index in [0.717, 1.165) is 29.8 Å². The average molecular weight is 337 g/mol. The van der Waals surface area contributed by atoms with E-state index in [1.807, 2.05) is 19.1 Å². The number of thiocarbonyl (C=S) groups is 1. The zero-order valence-electron chi connectivity index (χ0n) is 13.8. The smallest absolute Gasteiger partial charge is 0.226 e. The van der Waals surface area contributed by atoms with Crippen LogP contribution in [0.1, 0.15) is 25.3 Å². The topological polar surface area (TPSA) is 62.8 Å². The monoisotopic (exact) mass is 337 g/mol. The number of hydrogen-bond donors (Lipinski definition) is 2. The Labute approximate surface area is 142 Å². The summed E-state index contributed by atoms with van der Waals surface area (Å²) in [5.74, 6) is 0.770. The molecule has 6 nitrogen and oxygen atoms in total. The Kier molecular flexibility index (Phi) is 6.18. The Hall–Kier alpha value is -1.86. The predicted molar refractivity (Wildman–Crippen MR) is 95.2 cm³/mol. The lowest BCUT2D eigenvalue weighted by Gasteiger charge is -2.21. The Morgan fingerprint density at radius 3 is 2.87 bits per heavy atom. The van der Waals surface area contributed by atoms with Crippen LogP contribution in [0.25, 0.3) is 0 Å². The van der Waals surface area contributed by atoms with Gasteiger partial charge in [0.15, 0.2) is 5.11 Å². The molecule has 1 aromatic rings. The number of nitrogens with zero attached hydrogens (tertiary/aromatic N) is 1. The van der Waals surface area contributed by atoms with Crippen LogP contribution in [-0.2, 0) is 16.0 Å². The van der Waals surface area contributed by atoms with Crippen molar-refractivity contribution >= 4 is 34.6 Å². The van der Waals surface area contributed by atoms with Gasteiger partial charge in [0.25, 0.3) is 0 Å². The fourth-order valence-electron chi connectivity index (χ4n) is 2.51. The SMILES string of the molecule is CCOCNC(=S)Nc1cc2c(cc1OC)N(C)C(=O)CCC2. The van der Waals surface area contributed by atoms with E-state index in [-0.39, 0.29) is 5.91 Å². The molecule has 1 heterocycles. The molecule has 2 N–H and O–H groups in total. The summed E-state index contributed by atoms with van der Waals surface area (Å²) < 4.78 is 10.7. The Morgan fingerprint density at radius 1 is 1.39 bits per heavy atom. The summed E-state index contributed by atoms with van der Waals surface area (Å²) in [4.78, 5) is 13.7. The zero-order chi connectivity index (χ0) is 16.8. The lowest BCUT2D eigenvalue weighted by molar-refractivity contribution is -0.118. The second kappa shape index (κ2) is 8.12. The fourth-order valence-corrected chi connectivity index (χ4v) is 2.68. The summed E-state index contributed by atoms with van der Waals surface area (Å²) in [7, 11) is 3.40. The molecule has 0 spiro atoms. The number of anilines is 2. The van der Waals surface area contributed by atoms with Gasteiger partial charge in [-0.1, -0.05) is 0 Å². The van der Waals surface area contributed by atoms with Crippen LogP contribution in [-0.4, -0.2) is 38.5 Å². The third-order valence-electron chi connectivity index (χ3n) is 3.76. The van der Waals surface area contributed by atoms with Gasteiger partial charge >= 0.3 is 0 Å². The van der Waals surface area contributed by atoms with E-state index < -0.39 is 0 Å². The van der Waals surface area contributed by atoms with Crippen molar-refractivity contribution in [3.05, 3.63) is 17.7 Å². The summed E-state index contributed by atoms with van der Waals surface area (Å²) in [6.45, 7) is 2.90. The van der Waals surface area contributed by atoms with Gasteiger partial charge < -0.3 is 25.0 Å². The molecule has 0 fully saturated rings. The Balaban J connectivity index is 2.22. The first kappa shape index (κ1) is 17.5. The third kappa shape index (κ3) is 4.33. The first-order valence-electron chi connectivity index (χ1n) is 7.66. The maximum Gasteiger partial charge on any atom is 0.226 e. The minimum Gasteiger partial charge on any atom is -0.494 e. The molecule has 126 valence electrons. The summed E-state index contributed by atoms with van der Waals surface area (Å²) >= 11 is 5.26. The van der Waals surface area contributed by atoms with Crippen LogP contribution in [0.2, 0.25) is 0 Å². The van der Waals surface area contributed by atoms with Crippen LogP contribution in [0.5, 0.6) is 5.75 Å². The minimum atomic E-state index is 0.125. The maximum absolute atomic E-state index is 12.0. The number of carbonyl (C=O) groups excluding carboxylic acids is 1. The van der Waals surface area contributed by atoms with Crippen molar-refractivity contribution in [3.8, 4) is 5.75 Å². The van der Waals surface area contributed by atoms with Gasteiger partial charge in [0.1, 0.15) is 12.5 Å². The summed E-state index contributed by atoms with van der Waals surface area (Å²) in [5.41, 5.74) is 2.78. The molecular weight excluding hydrogens is 314 g/mol. The van der Waals surface area contributed by atoms with Gasteiger partial charge in [0.05, 0.1) is 18.5 Å². The fraction of sp³-hybridized carbons (Fsp3) is 0.500. The molecule has 0 radical (unpaired) electrons. The van der Waals surface area contributed by atoms with Crippen molar-refractivity contribution in [3.63, 3.8) is 0 Å². The van der Waals surface area contributed by atoms with Gasteiger partial charge in [-0.25, -0.2) is 0 Å². The van der Waals surface area contributed by atoms with E-state index in [9.17, 15) is 4.79 Å². The van der Waals surface area contributed by atoms with Gasteiger partial charge in [-0.2, -0.15) is 0 Å². The van der Waals surface area contributed by atoms with Gasteiger partial charge in [-0.15, -0.1) is 0 Å². The molecular formula is C16H23N3O3S. The second-order valence-electron chi connectivity index (χ2n) is 5.26. The number of amides is 1. The number of aryl methyl sites for hydroxylation is 1. The predicted octanol–water partition coefficient (Wildman–Crippen LogP) is 2.27. The maximum atomic E-state index is 12.0. The number of methoxy groups -OCH3 is 1. The molecule has 7 heteroatoms. The van der Waals surface area contributed by atoms with Gasteiger partial charge in [0.2, 0.25) is 5.91 Å². The number of carbonyl (C=O) groups is 1. The van der Waals surface area contributed by atoms with E-state index >= 15 is 0 Å². The molecule has 0 unspecified atom stereocenters. The first-order valence-corrected chi connectivity index (χ1v) is 8.07. The van der Waals surface area contributed by atoms with Crippen molar-refractivity contribution in [2.75, 3.05) is 37.7 Å². The molecule has 23 heavy (non-hydrogen) atoms. The average Bonchev–Trinajstić information content (AvgIpc) is 2.66. The molecule has 0 aromatic heterocycles. The first-order chi connectivity index (χ1) is 11.1. The largest absolute Gasteiger partial charge is 0.494 e. The van der Waals surface area contributed by atoms with Crippen LogP contribution in [0.3, 0.4) is 0 Å². The van der Waals surface area contributed by atoms with Crippen molar-refractivity contribution in [1.82, 2.24) is 5.32 Å². The van der Waals surface area contributed by atoms with E-state index in [1.54, 1.807) is 19.1 Å². The number of rotatable bonds is 5. The number of hydrogen-bond acceptors (Lipinski definition) is 4. The van der Waals surface area contributed by atoms with Crippen LogP contribution in [0.15, 0.2) is 12.1 Å². The highest BCUT2D eigenvalue weighted by atomic mass is 32.1. The van der Waals surface area contributed by atoms with Crippen LogP contribution in [0, 0.1) is 0 Å². The van der Waals surface area contributed by atoms with E-state index in [4.69, 9.17) is 21.7 Å². The normalized spacial score (nSPS) is 14.0. The summed E-state index contributed by atoms with van der Waals surface area (Å²) in [6, 6.07) is 3.88. The zero-order valence-corrected chi connectivity index (χ0v) is 14.6. The Bertz CT molecular complexity index is 592. The van der Waals surface area contributed by atoms with E-state index in [2.05, 4.69) is 10.6 Å². The third-order valence-corrected chi connectivity index (χ3v) is 4.01. The molecule has 1 amide bonds. The van der Waals surface area contributed by atoms with Crippen molar-refractivity contribution in [1.29, 1.82) is 0 Å². The molecule has 0 bridgehead atoms. The van der Waals surface area contributed by atoms with Crippen molar-refractivity contribution < 1.29 is 14.3 Å². The van der Waals surface area contributed by atoms with Crippen molar-refractivity contribution in [2.24, 2.45) is 0 Å². The van der Waals surface area contributed by atoms with Crippen LogP contribution < -0.4 is 20.3 Å². The molecule has 0 atom stereocenters. The Morgan fingerprint density at radius 2 is 2.17 bits per heavy atom. The van der Waals surface area contributed by atoms with Crippen LogP contribution in [0.4, 0.5) is 11.4 Å². The molecule has 0 saturated carbocycles. The quantitative estimate of drug-likeness (QED) is 0.488. The van der Waals surface area contributed by atoms with Crippen LogP contribution >= 0.6 is 12.2 Å². The summed E-state index contributed by atoms with van der Waals surface area (Å²) in [5, 5.41) is 6.57. The number of ether oxygens (including phenoxy) is 2. The van der Waals surface area contributed by atoms with Gasteiger partial charge in [-0.3, -0.25) is 4.79 Å². The highest BCUT2D eigenvalue weighted by molar-refractivity contribution is 7.80. The number of benzene rings is 1. The second-order valence-corrected chi connectivity index (χ2v) is 5.66. The van der Waals surface area contributed by atoms with Gasteiger partial charge in [-0.05, 0) is 43.6 Å². The molecule has 2 rings (SSSR count). The minimum absolute atomic E-state index is 0.125. The molecule has 1 aliphatic rings. The van der Waals surface area contributed by atoms with Crippen molar-refractivity contribution in [2.45, 2.75) is 26.2 Å². The molecule has 1 aromatic carbocycles.